The van der Waals surface area contributed by atoms with Gasteiger partial charge in [0.05, 0.1) is 11.8 Å². The third-order valence-corrected chi connectivity index (χ3v) is 5.70. The van der Waals surface area contributed by atoms with Crippen LogP contribution in [0.5, 0.6) is 5.75 Å². The molecule has 2 N–H and O–H groups in total. The number of carbonyl (C=O) groups is 1. The summed E-state index contributed by atoms with van der Waals surface area (Å²) >= 11 is 0. The average molecular weight is 394 g/mol. The van der Waals surface area contributed by atoms with Crippen molar-refractivity contribution in [2.24, 2.45) is 5.10 Å². The molecule has 154 valence electrons. The third-order valence-electron chi connectivity index (χ3n) is 5.70. The van der Waals surface area contributed by atoms with Gasteiger partial charge in [-0.2, -0.15) is 5.10 Å². The molecule has 0 unspecified atom stereocenters. The van der Waals surface area contributed by atoms with E-state index in [0.29, 0.717) is 12.0 Å². The number of nitrogens with one attached hydrogen (secondary N) is 1. The van der Waals surface area contributed by atoms with E-state index in [4.69, 9.17) is 0 Å². The molecular formula is C24H31N3O2. The Labute approximate surface area is 173 Å². The van der Waals surface area contributed by atoms with Crippen LogP contribution >= 0.6 is 0 Å². The number of aromatic hydroxyl groups is 1. The van der Waals surface area contributed by atoms with Crippen molar-refractivity contribution < 1.29 is 9.90 Å². The molecule has 0 radical (unpaired) electrons. The SMILES string of the molecule is Cc1cc2c(cc1/C=N/NC(=O)c1ccccc1O)[C@@H](C)CC(C)(C)N2C(C)C. The molecule has 0 spiro atoms. The number of hydrogen-bond acceptors (Lipinski definition) is 4. The molecule has 2 aromatic rings. The lowest BCUT2D eigenvalue weighted by Crippen LogP contribution is -2.51. The van der Waals surface area contributed by atoms with Crippen molar-refractivity contribution in [1.29, 1.82) is 0 Å². The van der Waals surface area contributed by atoms with E-state index < -0.39 is 5.91 Å². The van der Waals surface area contributed by atoms with Crippen LogP contribution in [0.25, 0.3) is 0 Å². The Hall–Kier alpha value is -2.82. The van der Waals surface area contributed by atoms with Crippen molar-refractivity contribution in [1.82, 2.24) is 5.43 Å². The number of hydrogen-bond donors (Lipinski definition) is 2. The first kappa shape index (κ1) is 20.9. The molecular weight excluding hydrogens is 362 g/mol. The lowest BCUT2D eigenvalue weighted by molar-refractivity contribution is 0.0952. The number of anilines is 1. The maximum absolute atomic E-state index is 12.2. The number of rotatable bonds is 4. The average Bonchev–Trinajstić information content (AvgIpc) is 2.61. The van der Waals surface area contributed by atoms with Gasteiger partial charge in [-0.15, -0.1) is 0 Å². The number of phenols is 1. The molecule has 1 heterocycles. The molecule has 1 atom stereocenters. The van der Waals surface area contributed by atoms with Gasteiger partial charge >= 0.3 is 0 Å². The summed E-state index contributed by atoms with van der Waals surface area (Å²) in [6.45, 7) is 13.4. The number of aryl methyl sites for hydroxylation is 1. The Bertz CT molecular complexity index is 947. The van der Waals surface area contributed by atoms with E-state index in [9.17, 15) is 9.90 Å². The standard InChI is InChI=1S/C24H31N3O2/c1-15(2)27-21-11-16(3)18(12-20(21)17(4)13-24(27,5)6)14-25-26-23(29)19-9-7-8-10-22(19)28/h7-12,14-15,17,28H,13H2,1-6H3,(H,26,29)/b25-14+/t17-/m0/s1. The molecule has 0 aliphatic carbocycles. The Morgan fingerprint density at radius 1 is 1.31 bits per heavy atom. The summed E-state index contributed by atoms with van der Waals surface area (Å²) in [4.78, 5) is 14.7. The largest absolute Gasteiger partial charge is 0.507 e. The van der Waals surface area contributed by atoms with Crippen molar-refractivity contribution in [2.45, 2.75) is 65.5 Å². The maximum atomic E-state index is 12.2. The minimum absolute atomic E-state index is 0.0598. The summed E-state index contributed by atoms with van der Waals surface area (Å²) in [5.74, 6) is -0.0509. The molecule has 0 bridgehead atoms. The second kappa shape index (κ2) is 7.90. The van der Waals surface area contributed by atoms with Gasteiger partial charge in [0.15, 0.2) is 0 Å². The highest BCUT2D eigenvalue weighted by molar-refractivity contribution is 5.97. The monoisotopic (exact) mass is 393 g/mol. The van der Waals surface area contributed by atoms with Crippen LogP contribution in [0.2, 0.25) is 0 Å². The van der Waals surface area contributed by atoms with E-state index in [1.165, 1.54) is 17.3 Å². The number of nitrogens with zero attached hydrogens (tertiary/aromatic N) is 2. The molecule has 0 saturated carbocycles. The van der Waals surface area contributed by atoms with Crippen molar-refractivity contribution in [3.05, 3.63) is 58.7 Å². The smallest absolute Gasteiger partial charge is 0.275 e. The topological polar surface area (TPSA) is 64.9 Å². The summed E-state index contributed by atoms with van der Waals surface area (Å²) in [5, 5.41) is 13.9. The summed E-state index contributed by atoms with van der Waals surface area (Å²) in [5.41, 5.74) is 7.52. The second-order valence-electron chi connectivity index (χ2n) is 8.87. The van der Waals surface area contributed by atoms with Gasteiger partial charge in [0.25, 0.3) is 5.91 Å². The first-order chi connectivity index (χ1) is 13.6. The fraction of sp³-hybridized carbons (Fsp3) is 0.417. The van der Waals surface area contributed by atoms with Gasteiger partial charge in [-0.3, -0.25) is 4.79 Å². The van der Waals surface area contributed by atoms with E-state index in [2.05, 4.69) is 69.1 Å². The Balaban J connectivity index is 1.87. The van der Waals surface area contributed by atoms with Crippen molar-refractivity contribution in [2.75, 3.05) is 4.90 Å². The van der Waals surface area contributed by atoms with Crippen LogP contribution < -0.4 is 10.3 Å². The summed E-state index contributed by atoms with van der Waals surface area (Å²) in [7, 11) is 0. The molecule has 1 amide bonds. The van der Waals surface area contributed by atoms with Crippen LogP contribution in [0, 0.1) is 6.92 Å². The second-order valence-corrected chi connectivity index (χ2v) is 8.87. The zero-order chi connectivity index (χ0) is 21.3. The van der Waals surface area contributed by atoms with Crippen LogP contribution in [0.3, 0.4) is 0 Å². The van der Waals surface area contributed by atoms with Gasteiger partial charge in [-0.05, 0) is 87.9 Å². The van der Waals surface area contributed by atoms with Gasteiger partial charge in [0.1, 0.15) is 5.75 Å². The highest BCUT2D eigenvalue weighted by atomic mass is 16.3. The summed E-state index contributed by atoms with van der Waals surface area (Å²) in [6, 6.07) is 11.3. The summed E-state index contributed by atoms with van der Waals surface area (Å²) in [6.07, 6.45) is 2.77. The first-order valence-electron chi connectivity index (χ1n) is 10.2. The minimum atomic E-state index is -0.434. The lowest BCUT2D eigenvalue weighted by Gasteiger charge is -2.50. The van der Waals surface area contributed by atoms with Crippen LogP contribution in [0.1, 0.15) is 74.0 Å². The molecule has 0 saturated heterocycles. The number of benzene rings is 2. The molecule has 29 heavy (non-hydrogen) atoms. The van der Waals surface area contributed by atoms with Crippen molar-refractivity contribution >= 4 is 17.8 Å². The molecule has 1 aliphatic heterocycles. The van der Waals surface area contributed by atoms with Crippen LogP contribution in [-0.2, 0) is 0 Å². The quantitative estimate of drug-likeness (QED) is 0.570. The Morgan fingerprint density at radius 3 is 2.66 bits per heavy atom. The predicted octanol–water partition coefficient (Wildman–Crippen LogP) is 4.97. The van der Waals surface area contributed by atoms with Crippen molar-refractivity contribution in [3.8, 4) is 5.75 Å². The van der Waals surface area contributed by atoms with Gasteiger partial charge in [-0.25, -0.2) is 5.43 Å². The van der Waals surface area contributed by atoms with E-state index in [1.54, 1.807) is 24.4 Å². The number of phenolic OH excluding ortho intramolecular Hbond substituents is 1. The van der Waals surface area contributed by atoms with Crippen molar-refractivity contribution in [3.63, 3.8) is 0 Å². The molecule has 3 rings (SSSR count). The van der Waals surface area contributed by atoms with Crippen LogP contribution in [-0.4, -0.2) is 28.8 Å². The van der Waals surface area contributed by atoms with E-state index in [-0.39, 0.29) is 16.9 Å². The predicted molar refractivity (Wildman–Crippen MR) is 119 cm³/mol. The highest BCUT2D eigenvalue weighted by Gasteiger charge is 2.37. The Morgan fingerprint density at radius 2 is 2.00 bits per heavy atom. The number of carbonyl (C=O) groups excluding carboxylic acids is 1. The minimum Gasteiger partial charge on any atom is -0.507 e. The molecule has 5 heteroatoms. The van der Waals surface area contributed by atoms with E-state index in [0.717, 1.165) is 17.5 Å². The van der Waals surface area contributed by atoms with Gasteiger partial charge in [0, 0.05) is 17.3 Å². The molecule has 0 aromatic heterocycles. The molecule has 5 nitrogen and oxygen atoms in total. The number of fused-ring (bicyclic) bond motifs is 1. The van der Waals surface area contributed by atoms with E-state index >= 15 is 0 Å². The zero-order valence-corrected chi connectivity index (χ0v) is 18.2. The maximum Gasteiger partial charge on any atom is 0.275 e. The van der Waals surface area contributed by atoms with Gasteiger partial charge in [0.2, 0.25) is 0 Å². The number of hydrazone groups is 1. The number of amides is 1. The summed E-state index contributed by atoms with van der Waals surface area (Å²) < 4.78 is 0. The van der Waals surface area contributed by atoms with Gasteiger partial charge < -0.3 is 10.0 Å². The number of para-hydroxylation sites is 1. The van der Waals surface area contributed by atoms with Gasteiger partial charge in [-0.1, -0.05) is 19.1 Å². The molecule has 0 fully saturated rings. The third kappa shape index (κ3) is 4.14. The molecule has 2 aromatic carbocycles. The zero-order valence-electron chi connectivity index (χ0n) is 18.2. The van der Waals surface area contributed by atoms with Crippen LogP contribution in [0.4, 0.5) is 5.69 Å². The van der Waals surface area contributed by atoms with Crippen LogP contribution in [0.15, 0.2) is 41.5 Å². The lowest BCUT2D eigenvalue weighted by atomic mass is 9.78. The highest BCUT2D eigenvalue weighted by Crippen LogP contribution is 2.45. The normalized spacial score (nSPS) is 18.2. The fourth-order valence-corrected chi connectivity index (χ4v) is 4.62. The Kier molecular flexibility index (Phi) is 5.69. The molecule has 1 aliphatic rings. The first-order valence-corrected chi connectivity index (χ1v) is 10.2. The fourth-order valence-electron chi connectivity index (χ4n) is 4.62. The van der Waals surface area contributed by atoms with E-state index in [1.807, 2.05) is 0 Å².